The number of piperidine rings is 1. The Morgan fingerprint density at radius 3 is 2.38 bits per heavy atom. The molecule has 3 aromatic carbocycles. The van der Waals surface area contributed by atoms with Gasteiger partial charge in [-0.05, 0) is 99.2 Å². The number of likely N-dealkylation sites (tertiary alicyclic amines) is 1. The lowest BCUT2D eigenvalue weighted by atomic mass is 9.99. The van der Waals surface area contributed by atoms with E-state index < -0.39 is 11.9 Å². The summed E-state index contributed by atoms with van der Waals surface area (Å²) in [5, 5.41) is 6.25. The number of carbonyl (C=O) groups excluding carboxylic acids is 4. The molecule has 10 nitrogen and oxygen atoms in total. The van der Waals surface area contributed by atoms with E-state index in [1.165, 1.54) is 0 Å². The SMILES string of the molecule is Nc1c(Br)cc(C(=O)CC(NC(=O)COc2ccc(Cl)cc2)C(=O)N2CCC(N3CCc4ccccc4NC3=O)CC2)cc1Br. The molecule has 1 unspecified atom stereocenters. The molecule has 5 rings (SSSR count). The van der Waals surface area contributed by atoms with Gasteiger partial charge in [-0.3, -0.25) is 14.4 Å². The van der Waals surface area contributed by atoms with Gasteiger partial charge in [0.05, 0.1) is 5.69 Å². The number of ether oxygens (including phenoxy) is 1. The van der Waals surface area contributed by atoms with Crippen LogP contribution in [0.3, 0.4) is 0 Å². The van der Waals surface area contributed by atoms with Gasteiger partial charge in [0, 0.05) is 57.3 Å². The molecule has 1 atom stereocenters. The second-order valence-electron chi connectivity index (χ2n) is 10.9. The standard InChI is InChI=1S/C32H32Br2ClN5O5/c33-24-15-20(16-25(34)30(24)36)28(41)17-27(37-29(42)18-45-23-7-5-21(35)6-8-23)31(43)39-12-10-22(11-13-39)40-14-9-19-3-1-2-4-26(19)38-32(40)44/h1-8,15-16,22,27H,9-14,17-18,36H2,(H,37,42)(H,38,44). The van der Waals surface area contributed by atoms with Crippen molar-refractivity contribution in [2.45, 2.75) is 37.8 Å². The number of anilines is 2. The number of para-hydroxylation sites is 1. The van der Waals surface area contributed by atoms with Gasteiger partial charge >= 0.3 is 6.03 Å². The third-order valence-corrected chi connectivity index (χ3v) is 9.53. The van der Waals surface area contributed by atoms with E-state index in [0.29, 0.717) is 63.4 Å². The second-order valence-corrected chi connectivity index (χ2v) is 13.1. The normalized spacial score (nSPS) is 15.8. The smallest absolute Gasteiger partial charge is 0.322 e. The Bertz CT molecular complexity index is 1570. The van der Waals surface area contributed by atoms with Crippen molar-refractivity contribution in [2.75, 3.05) is 37.3 Å². The summed E-state index contributed by atoms with van der Waals surface area (Å²) in [5.74, 6) is -0.827. The molecule has 0 aliphatic carbocycles. The number of urea groups is 1. The molecule has 2 aliphatic rings. The third-order valence-electron chi connectivity index (χ3n) is 7.97. The highest BCUT2D eigenvalue weighted by atomic mass is 79.9. The van der Waals surface area contributed by atoms with Gasteiger partial charge in [0.25, 0.3) is 5.91 Å². The van der Waals surface area contributed by atoms with Gasteiger partial charge in [-0.1, -0.05) is 29.8 Å². The lowest BCUT2D eigenvalue weighted by Crippen LogP contribution is -2.55. The number of fused-ring (bicyclic) bond motifs is 1. The van der Waals surface area contributed by atoms with Crippen LogP contribution in [0, 0.1) is 0 Å². The van der Waals surface area contributed by atoms with Crippen molar-refractivity contribution in [3.63, 3.8) is 0 Å². The minimum Gasteiger partial charge on any atom is -0.484 e. The van der Waals surface area contributed by atoms with Gasteiger partial charge in [0.2, 0.25) is 5.91 Å². The molecule has 1 fully saturated rings. The van der Waals surface area contributed by atoms with Crippen LogP contribution < -0.4 is 21.1 Å². The summed E-state index contributed by atoms with van der Waals surface area (Å²) in [6.45, 7) is 0.976. The van der Waals surface area contributed by atoms with Gasteiger partial charge in [-0.25, -0.2) is 4.79 Å². The maximum Gasteiger partial charge on any atom is 0.322 e. The Hall–Kier alpha value is -3.61. The first-order valence-corrected chi connectivity index (χ1v) is 16.4. The average molecular weight is 762 g/mol. The first-order valence-electron chi connectivity index (χ1n) is 14.5. The van der Waals surface area contributed by atoms with E-state index in [2.05, 4.69) is 42.5 Å². The largest absolute Gasteiger partial charge is 0.484 e. The lowest BCUT2D eigenvalue weighted by Gasteiger charge is -2.39. The van der Waals surface area contributed by atoms with Crippen molar-refractivity contribution in [1.29, 1.82) is 0 Å². The van der Waals surface area contributed by atoms with Crippen LogP contribution in [0.25, 0.3) is 0 Å². The molecular formula is C32H32Br2ClN5O5. The highest BCUT2D eigenvalue weighted by Crippen LogP contribution is 2.30. The van der Waals surface area contributed by atoms with E-state index in [0.717, 1.165) is 17.7 Å². The second kappa shape index (κ2) is 14.7. The molecule has 4 amide bonds. The maximum atomic E-state index is 13.8. The molecule has 2 aliphatic heterocycles. The van der Waals surface area contributed by atoms with Crippen molar-refractivity contribution >= 4 is 78.5 Å². The van der Waals surface area contributed by atoms with Crippen LogP contribution in [0.2, 0.25) is 5.02 Å². The minimum atomic E-state index is -1.12. The summed E-state index contributed by atoms with van der Waals surface area (Å²) in [7, 11) is 0. The number of ketones is 1. The maximum absolute atomic E-state index is 13.8. The number of carbonyl (C=O) groups is 4. The van der Waals surface area contributed by atoms with Crippen LogP contribution in [0.4, 0.5) is 16.2 Å². The number of nitrogens with two attached hydrogens (primary N) is 1. The molecule has 3 aromatic rings. The van der Waals surface area contributed by atoms with Gasteiger partial charge in [0.15, 0.2) is 12.4 Å². The lowest BCUT2D eigenvalue weighted by molar-refractivity contribution is -0.138. The predicted molar refractivity (Wildman–Crippen MR) is 180 cm³/mol. The number of nitrogens with zero attached hydrogens (tertiary/aromatic N) is 2. The molecule has 45 heavy (non-hydrogen) atoms. The van der Waals surface area contributed by atoms with Gasteiger partial charge in [0.1, 0.15) is 11.8 Å². The van der Waals surface area contributed by atoms with Crippen molar-refractivity contribution < 1.29 is 23.9 Å². The average Bonchev–Trinajstić information content (AvgIpc) is 3.20. The number of hydrogen-bond donors (Lipinski definition) is 3. The molecule has 2 heterocycles. The fourth-order valence-corrected chi connectivity index (χ4v) is 6.83. The van der Waals surface area contributed by atoms with E-state index >= 15 is 0 Å². The molecular weight excluding hydrogens is 730 g/mol. The zero-order valence-corrected chi connectivity index (χ0v) is 28.2. The Morgan fingerprint density at radius 1 is 1.02 bits per heavy atom. The summed E-state index contributed by atoms with van der Waals surface area (Å²) < 4.78 is 6.62. The first kappa shape index (κ1) is 32.8. The molecule has 0 bridgehead atoms. The predicted octanol–water partition coefficient (Wildman–Crippen LogP) is 5.67. The quantitative estimate of drug-likeness (QED) is 0.190. The molecule has 0 spiro atoms. The van der Waals surface area contributed by atoms with Crippen LogP contribution in [0.1, 0.15) is 35.2 Å². The Balaban J connectivity index is 1.25. The molecule has 0 radical (unpaired) electrons. The topological polar surface area (TPSA) is 134 Å². The van der Waals surface area contributed by atoms with E-state index in [9.17, 15) is 19.2 Å². The van der Waals surface area contributed by atoms with Gasteiger partial charge in [-0.2, -0.15) is 0 Å². The van der Waals surface area contributed by atoms with Crippen LogP contribution >= 0.6 is 43.5 Å². The Morgan fingerprint density at radius 2 is 1.69 bits per heavy atom. The molecule has 0 saturated carbocycles. The van der Waals surface area contributed by atoms with E-state index in [-0.39, 0.29) is 36.8 Å². The van der Waals surface area contributed by atoms with Crippen molar-refractivity contribution in [3.05, 3.63) is 85.8 Å². The zero-order valence-electron chi connectivity index (χ0n) is 24.2. The van der Waals surface area contributed by atoms with Gasteiger partial charge < -0.3 is 30.9 Å². The highest BCUT2D eigenvalue weighted by molar-refractivity contribution is 9.11. The minimum absolute atomic E-state index is 0.0460. The molecule has 13 heteroatoms. The van der Waals surface area contributed by atoms with Crippen LogP contribution in [0.5, 0.6) is 5.75 Å². The fraction of sp³-hybridized carbons (Fsp3) is 0.312. The van der Waals surface area contributed by atoms with Crippen LogP contribution in [0.15, 0.2) is 69.6 Å². The number of hydrogen-bond acceptors (Lipinski definition) is 6. The number of amides is 4. The van der Waals surface area contributed by atoms with E-state index in [1.54, 1.807) is 41.3 Å². The van der Waals surface area contributed by atoms with Crippen molar-refractivity contribution in [1.82, 2.24) is 15.1 Å². The summed E-state index contributed by atoms with van der Waals surface area (Å²) in [6.07, 6.45) is 1.62. The van der Waals surface area contributed by atoms with Crippen molar-refractivity contribution in [3.8, 4) is 5.75 Å². The van der Waals surface area contributed by atoms with Crippen LogP contribution in [-0.2, 0) is 16.0 Å². The number of Topliss-reactive ketones (excluding diaryl/α,β-unsaturated/α-hetero) is 1. The Kier molecular flexibility index (Phi) is 10.7. The fourth-order valence-electron chi connectivity index (χ4n) is 5.52. The molecule has 0 aromatic heterocycles. The monoisotopic (exact) mass is 759 g/mol. The number of halogens is 3. The summed E-state index contributed by atoms with van der Waals surface area (Å²) in [4.78, 5) is 56.7. The molecule has 236 valence electrons. The number of benzene rings is 3. The first-order chi connectivity index (χ1) is 21.6. The van der Waals surface area contributed by atoms with E-state index in [1.807, 2.05) is 29.2 Å². The van der Waals surface area contributed by atoms with Crippen LogP contribution in [-0.4, -0.2) is 71.8 Å². The zero-order chi connectivity index (χ0) is 32.1. The number of nitrogens with one attached hydrogen (secondary N) is 2. The summed E-state index contributed by atoms with van der Waals surface area (Å²) in [6, 6.07) is 16.2. The number of rotatable bonds is 9. The molecule has 4 N–H and O–H groups in total. The summed E-state index contributed by atoms with van der Waals surface area (Å²) >= 11 is 12.6. The number of nitrogen functional groups attached to an aromatic ring is 1. The highest BCUT2D eigenvalue weighted by Gasteiger charge is 2.35. The summed E-state index contributed by atoms with van der Waals surface area (Å²) in [5.41, 5.74) is 8.67. The molecule has 1 saturated heterocycles. The Labute approximate surface area is 282 Å². The van der Waals surface area contributed by atoms with Gasteiger partial charge in [-0.15, -0.1) is 0 Å². The van der Waals surface area contributed by atoms with Crippen molar-refractivity contribution in [2.24, 2.45) is 0 Å². The van der Waals surface area contributed by atoms with E-state index in [4.69, 9.17) is 22.1 Å². The third kappa shape index (κ3) is 8.16.